The first-order valence-electron chi connectivity index (χ1n) is 10.2. The highest BCUT2D eigenvalue weighted by atomic mass is 79.9. The van der Waals surface area contributed by atoms with Crippen molar-refractivity contribution in [2.24, 2.45) is 0 Å². The van der Waals surface area contributed by atoms with Gasteiger partial charge >= 0.3 is 0 Å². The number of rotatable bonds is 8. The first-order chi connectivity index (χ1) is 16.4. The summed E-state index contributed by atoms with van der Waals surface area (Å²) in [5.41, 5.74) is 6.40. The number of nitrogens with one attached hydrogen (secondary N) is 3. The van der Waals surface area contributed by atoms with Crippen LogP contribution in [0.1, 0.15) is 15.9 Å². The van der Waals surface area contributed by atoms with Gasteiger partial charge in [-0.2, -0.15) is 0 Å². The molecule has 0 fully saturated rings. The molecule has 3 aromatic rings. The van der Waals surface area contributed by atoms with Crippen LogP contribution in [0.5, 0.6) is 11.5 Å². The van der Waals surface area contributed by atoms with Crippen molar-refractivity contribution in [2.75, 3.05) is 13.2 Å². The smallest absolute Gasteiger partial charge is 0.276 e. The molecule has 0 heterocycles. The number of amides is 2. The summed E-state index contributed by atoms with van der Waals surface area (Å²) in [6.45, 7) is 0.289. The zero-order valence-corrected chi connectivity index (χ0v) is 21.8. The van der Waals surface area contributed by atoms with Gasteiger partial charge in [-0.25, -0.2) is 0 Å². The average molecular weight is 607 g/mol. The Morgan fingerprint density at radius 2 is 1.62 bits per heavy atom. The van der Waals surface area contributed by atoms with Gasteiger partial charge in [-0.1, -0.05) is 46.3 Å². The van der Waals surface area contributed by atoms with Gasteiger partial charge in [0.15, 0.2) is 11.7 Å². The summed E-state index contributed by atoms with van der Waals surface area (Å²) < 4.78 is 12.7. The second kappa shape index (κ2) is 13.1. The van der Waals surface area contributed by atoms with Crippen molar-refractivity contribution in [3.8, 4) is 11.5 Å². The third-order valence-electron chi connectivity index (χ3n) is 4.41. The van der Waals surface area contributed by atoms with Gasteiger partial charge < -0.3 is 9.47 Å². The Bertz CT molecular complexity index is 1140. The minimum Gasteiger partial charge on any atom is -0.492 e. The largest absolute Gasteiger partial charge is 0.492 e. The Balaban J connectivity index is 1.40. The zero-order chi connectivity index (χ0) is 24.3. The van der Waals surface area contributed by atoms with E-state index in [1.54, 1.807) is 42.5 Å². The van der Waals surface area contributed by atoms with Crippen molar-refractivity contribution in [3.63, 3.8) is 0 Å². The van der Waals surface area contributed by atoms with E-state index in [1.807, 2.05) is 30.3 Å². The number of hydrazine groups is 1. The summed E-state index contributed by atoms with van der Waals surface area (Å²) in [4.78, 5) is 24.4. The van der Waals surface area contributed by atoms with E-state index in [2.05, 4.69) is 48.0 Å². The van der Waals surface area contributed by atoms with E-state index in [0.29, 0.717) is 28.1 Å². The number of carbonyl (C=O) groups is 2. The lowest BCUT2D eigenvalue weighted by atomic mass is 10.2. The topological polar surface area (TPSA) is 88.7 Å². The summed E-state index contributed by atoms with van der Waals surface area (Å²) in [5.74, 6) is 0.284. The van der Waals surface area contributed by atoms with Crippen LogP contribution in [0, 0.1) is 0 Å². The molecule has 3 aromatic carbocycles. The molecule has 3 rings (SSSR count). The van der Waals surface area contributed by atoms with Crippen molar-refractivity contribution in [2.45, 2.75) is 6.42 Å². The molecule has 10 heteroatoms. The van der Waals surface area contributed by atoms with Crippen LogP contribution in [0.15, 0.2) is 81.7 Å². The van der Waals surface area contributed by atoms with Crippen LogP contribution in [0.2, 0.25) is 0 Å². The molecule has 0 aliphatic rings. The third kappa shape index (κ3) is 8.44. The van der Waals surface area contributed by atoms with Gasteiger partial charge in [0.2, 0.25) is 0 Å². The summed E-state index contributed by atoms with van der Waals surface area (Å²) in [6, 6.07) is 22.1. The number of hydrogen-bond acceptors (Lipinski definition) is 5. The number of ether oxygens (including phenoxy) is 2. The van der Waals surface area contributed by atoms with E-state index >= 15 is 0 Å². The van der Waals surface area contributed by atoms with E-state index in [9.17, 15) is 9.59 Å². The van der Waals surface area contributed by atoms with Crippen LogP contribution >= 0.6 is 44.1 Å². The fraction of sp³-hybridized carbons (Fsp3) is 0.125. The van der Waals surface area contributed by atoms with Gasteiger partial charge in [0.1, 0.15) is 11.5 Å². The van der Waals surface area contributed by atoms with Crippen LogP contribution < -0.4 is 25.6 Å². The van der Waals surface area contributed by atoms with Gasteiger partial charge in [-0.3, -0.25) is 25.8 Å². The van der Waals surface area contributed by atoms with Crippen molar-refractivity contribution >= 4 is 61.0 Å². The van der Waals surface area contributed by atoms with Gasteiger partial charge in [-0.15, -0.1) is 0 Å². The number of thiocarbonyl (C=S) groups is 1. The maximum atomic E-state index is 12.5. The SMILES string of the molecule is O=C(COc1ccc(Br)cc1)NNC(=S)NC(=O)c1ccc(OCCc2ccccc2)c(Br)c1. The quantitative estimate of drug-likeness (QED) is 0.258. The summed E-state index contributed by atoms with van der Waals surface area (Å²) in [7, 11) is 0. The molecular formula is C24H21Br2N3O4S. The summed E-state index contributed by atoms with van der Waals surface area (Å²) in [5, 5.41) is 2.45. The number of halogens is 2. The average Bonchev–Trinajstić information content (AvgIpc) is 2.84. The van der Waals surface area contributed by atoms with Crippen LogP contribution in [0.4, 0.5) is 0 Å². The maximum absolute atomic E-state index is 12.5. The predicted molar refractivity (Wildman–Crippen MR) is 141 cm³/mol. The van der Waals surface area contributed by atoms with Crippen LogP contribution in [-0.2, 0) is 11.2 Å². The molecule has 0 aromatic heterocycles. The van der Waals surface area contributed by atoms with Gasteiger partial charge in [0.25, 0.3) is 11.8 Å². The molecule has 0 radical (unpaired) electrons. The maximum Gasteiger partial charge on any atom is 0.276 e. The van der Waals surface area contributed by atoms with Crippen molar-refractivity contribution < 1.29 is 19.1 Å². The van der Waals surface area contributed by atoms with E-state index < -0.39 is 11.8 Å². The minimum absolute atomic E-state index is 0.0544. The Morgan fingerprint density at radius 3 is 2.32 bits per heavy atom. The highest BCUT2D eigenvalue weighted by molar-refractivity contribution is 9.10. The summed E-state index contributed by atoms with van der Waals surface area (Å²) >= 11 is 11.8. The molecule has 7 nitrogen and oxygen atoms in total. The Hall–Kier alpha value is -2.95. The fourth-order valence-corrected chi connectivity index (χ4v) is 3.63. The molecule has 34 heavy (non-hydrogen) atoms. The van der Waals surface area contributed by atoms with E-state index in [-0.39, 0.29) is 11.7 Å². The third-order valence-corrected chi connectivity index (χ3v) is 5.76. The van der Waals surface area contributed by atoms with E-state index in [4.69, 9.17) is 21.7 Å². The van der Waals surface area contributed by atoms with Crippen LogP contribution in [0.25, 0.3) is 0 Å². The molecule has 2 amide bonds. The first-order valence-corrected chi connectivity index (χ1v) is 12.1. The van der Waals surface area contributed by atoms with Crippen molar-refractivity contribution in [3.05, 3.63) is 92.9 Å². The molecule has 0 saturated carbocycles. The Morgan fingerprint density at radius 1 is 0.882 bits per heavy atom. The predicted octanol–water partition coefficient (Wildman–Crippen LogP) is 4.55. The molecule has 3 N–H and O–H groups in total. The fourth-order valence-electron chi connectivity index (χ4n) is 2.73. The minimum atomic E-state index is -0.459. The summed E-state index contributed by atoms with van der Waals surface area (Å²) in [6.07, 6.45) is 0.773. The normalized spacial score (nSPS) is 10.2. The Kier molecular flexibility index (Phi) is 9.87. The molecule has 176 valence electrons. The van der Waals surface area contributed by atoms with E-state index in [1.165, 1.54) is 5.56 Å². The van der Waals surface area contributed by atoms with Gasteiger partial charge in [0.05, 0.1) is 11.1 Å². The molecule has 0 spiro atoms. The second-order valence-electron chi connectivity index (χ2n) is 6.93. The number of carbonyl (C=O) groups excluding carboxylic acids is 2. The molecule has 0 unspecified atom stereocenters. The molecule has 0 aliphatic heterocycles. The van der Waals surface area contributed by atoms with Crippen LogP contribution in [0.3, 0.4) is 0 Å². The molecular weight excluding hydrogens is 586 g/mol. The molecule has 0 aliphatic carbocycles. The van der Waals surface area contributed by atoms with Crippen molar-refractivity contribution in [1.29, 1.82) is 0 Å². The zero-order valence-electron chi connectivity index (χ0n) is 17.8. The van der Waals surface area contributed by atoms with Gasteiger partial charge in [0, 0.05) is 16.5 Å². The Labute approximate surface area is 219 Å². The molecule has 0 atom stereocenters. The lowest BCUT2D eigenvalue weighted by Crippen LogP contribution is -2.49. The van der Waals surface area contributed by atoms with Crippen molar-refractivity contribution in [1.82, 2.24) is 16.2 Å². The highest BCUT2D eigenvalue weighted by Crippen LogP contribution is 2.26. The number of hydrogen-bond donors (Lipinski definition) is 3. The monoisotopic (exact) mass is 605 g/mol. The second-order valence-corrected chi connectivity index (χ2v) is 9.11. The van der Waals surface area contributed by atoms with Crippen LogP contribution in [-0.4, -0.2) is 30.1 Å². The standard InChI is InChI=1S/C24H21Br2N3O4S/c25-18-7-9-19(10-8-18)33-15-22(30)28-29-24(34)27-23(31)17-6-11-21(20(26)14-17)32-13-12-16-4-2-1-3-5-16/h1-11,14H,12-13,15H2,(H,28,30)(H2,27,29,31,34). The highest BCUT2D eigenvalue weighted by Gasteiger charge is 2.12. The van der Waals surface area contributed by atoms with Gasteiger partial charge in [-0.05, 0) is 76.2 Å². The lowest BCUT2D eigenvalue weighted by molar-refractivity contribution is -0.123. The number of benzene rings is 3. The first kappa shape index (κ1) is 25.7. The molecule has 0 saturated heterocycles. The molecule has 0 bridgehead atoms. The van der Waals surface area contributed by atoms with E-state index in [0.717, 1.165) is 10.9 Å². The lowest BCUT2D eigenvalue weighted by Gasteiger charge is -2.12.